The van der Waals surface area contributed by atoms with Crippen LogP contribution in [0.3, 0.4) is 0 Å². The summed E-state index contributed by atoms with van der Waals surface area (Å²) in [5.74, 6) is 0.795. The van der Waals surface area contributed by atoms with E-state index in [1.54, 1.807) is 17.0 Å². The highest BCUT2D eigenvalue weighted by Crippen LogP contribution is 2.33. The summed E-state index contributed by atoms with van der Waals surface area (Å²) < 4.78 is 0. The molecule has 0 spiro atoms. The first-order valence-corrected chi connectivity index (χ1v) is 8.10. The van der Waals surface area contributed by atoms with Gasteiger partial charge in [0.2, 0.25) is 5.82 Å². The van der Waals surface area contributed by atoms with Crippen molar-refractivity contribution in [3.8, 4) is 0 Å². The Labute approximate surface area is 151 Å². The van der Waals surface area contributed by atoms with Crippen LogP contribution in [0.2, 0.25) is 0 Å². The molecular formula is C20H18N4O2. The summed E-state index contributed by atoms with van der Waals surface area (Å²) in [6, 6.07) is 22.0. The largest absolute Gasteiger partial charge is 0.340 e. The van der Waals surface area contributed by atoms with E-state index < -0.39 is 4.92 Å². The lowest BCUT2D eigenvalue weighted by molar-refractivity contribution is -0.384. The fourth-order valence-electron chi connectivity index (χ4n) is 2.57. The third-order valence-electron chi connectivity index (χ3n) is 3.73. The number of hydrogen-bond acceptors (Lipinski definition) is 5. The molecule has 0 fully saturated rings. The lowest BCUT2D eigenvalue weighted by atomic mass is 10.2. The van der Waals surface area contributed by atoms with Crippen molar-refractivity contribution in [2.75, 3.05) is 16.8 Å². The van der Waals surface area contributed by atoms with Crippen molar-refractivity contribution in [3.63, 3.8) is 0 Å². The smallest absolute Gasteiger partial charge is 0.312 e. The van der Waals surface area contributed by atoms with E-state index in [-0.39, 0.29) is 11.5 Å². The van der Waals surface area contributed by atoms with Crippen LogP contribution in [0.15, 0.2) is 85.5 Å². The van der Waals surface area contributed by atoms with E-state index in [1.165, 1.54) is 6.07 Å². The Morgan fingerprint density at radius 1 is 1.04 bits per heavy atom. The SMILES string of the molecule is C=CCN(c1ccccc1)c1nc(Nc2ccccc2)ccc1[N+](=O)[O-]. The molecule has 0 atom stereocenters. The van der Waals surface area contributed by atoms with Crippen molar-refractivity contribution in [1.29, 1.82) is 0 Å². The molecule has 2 aromatic carbocycles. The predicted octanol–water partition coefficient (Wildman–Crippen LogP) is 5.06. The Kier molecular flexibility index (Phi) is 5.24. The monoisotopic (exact) mass is 346 g/mol. The zero-order chi connectivity index (χ0) is 18.4. The van der Waals surface area contributed by atoms with E-state index in [9.17, 15) is 10.1 Å². The Morgan fingerprint density at radius 3 is 2.31 bits per heavy atom. The van der Waals surface area contributed by atoms with E-state index in [0.717, 1.165) is 11.4 Å². The summed E-state index contributed by atoms with van der Waals surface area (Å²) >= 11 is 0. The normalized spacial score (nSPS) is 10.2. The number of anilines is 4. The van der Waals surface area contributed by atoms with Crippen molar-refractivity contribution in [3.05, 3.63) is 95.6 Å². The number of nitrogens with zero attached hydrogens (tertiary/aromatic N) is 3. The quantitative estimate of drug-likeness (QED) is 0.368. The molecule has 1 N–H and O–H groups in total. The van der Waals surface area contributed by atoms with Crippen LogP contribution in [-0.2, 0) is 0 Å². The van der Waals surface area contributed by atoms with Gasteiger partial charge in [0.05, 0.1) is 4.92 Å². The molecule has 3 rings (SSSR count). The van der Waals surface area contributed by atoms with E-state index in [2.05, 4.69) is 16.9 Å². The summed E-state index contributed by atoms with van der Waals surface area (Å²) in [6.45, 7) is 4.16. The number of benzene rings is 2. The molecule has 0 bridgehead atoms. The molecule has 0 aliphatic heterocycles. The van der Waals surface area contributed by atoms with Crippen LogP contribution >= 0.6 is 0 Å². The van der Waals surface area contributed by atoms with Gasteiger partial charge in [0.15, 0.2) is 0 Å². The summed E-state index contributed by atoms with van der Waals surface area (Å²) in [4.78, 5) is 17.4. The molecule has 6 nitrogen and oxygen atoms in total. The Bertz CT molecular complexity index is 898. The summed E-state index contributed by atoms with van der Waals surface area (Å²) in [5.41, 5.74) is 1.60. The van der Waals surface area contributed by atoms with Crippen LogP contribution < -0.4 is 10.2 Å². The molecule has 6 heteroatoms. The van der Waals surface area contributed by atoms with Gasteiger partial charge in [-0.15, -0.1) is 6.58 Å². The first-order valence-electron chi connectivity index (χ1n) is 8.10. The zero-order valence-corrected chi connectivity index (χ0v) is 14.1. The van der Waals surface area contributed by atoms with Crippen molar-refractivity contribution in [1.82, 2.24) is 4.98 Å². The topological polar surface area (TPSA) is 71.3 Å². The Morgan fingerprint density at radius 2 is 1.69 bits per heavy atom. The van der Waals surface area contributed by atoms with E-state index in [0.29, 0.717) is 12.4 Å². The maximum absolute atomic E-state index is 11.5. The number of aromatic nitrogens is 1. The van der Waals surface area contributed by atoms with Gasteiger partial charge in [-0.25, -0.2) is 4.98 Å². The molecule has 3 aromatic rings. The number of para-hydroxylation sites is 2. The first-order chi connectivity index (χ1) is 12.7. The third kappa shape index (κ3) is 3.87. The predicted molar refractivity (Wildman–Crippen MR) is 104 cm³/mol. The second-order valence-electron chi connectivity index (χ2n) is 5.52. The number of pyridine rings is 1. The highest BCUT2D eigenvalue weighted by atomic mass is 16.6. The van der Waals surface area contributed by atoms with E-state index >= 15 is 0 Å². The third-order valence-corrected chi connectivity index (χ3v) is 3.73. The minimum absolute atomic E-state index is 0.0608. The van der Waals surface area contributed by atoms with Crippen LogP contribution in [0.5, 0.6) is 0 Å². The summed E-state index contributed by atoms with van der Waals surface area (Å²) in [5, 5.41) is 14.7. The maximum atomic E-state index is 11.5. The standard InChI is InChI=1S/C20H18N4O2/c1-2-15-23(17-11-7-4-8-12-17)20-18(24(25)26)13-14-19(22-20)21-16-9-5-3-6-10-16/h2-14H,1,15H2,(H,21,22). The molecule has 130 valence electrons. The average molecular weight is 346 g/mol. The number of nitro groups is 1. The van der Waals surface area contributed by atoms with Gasteiger partial charge in [-0.05, 0) is 30.3 Å². The minimum Gasteiger partial charge on any atom is -0.340 e. The maximum Gasteiger partial charge on any atom is 0.312 e. The minimum atomic E-state index is -0.423. The van der Waals surface area contributed by atoms with Gasteiger partial charge >= 0.3 is 5.69 Å². The molecule has 26 heavy (non-hydrogen) atoms. The molecule has 0 saturated heterocycles. The fourth-order valence-corrected chi connectivity index (χ4v) is 2.57. The van der Waals surface area contributed by atoms with Gasteiger partial charge in [0.1, 0.15) is 5.82 Å². The second-order valence-corrected chi connectivity index (χ2v) is 5.52. The van der Waals surface area contributed by atoms with E-state index in [4.69, 9.17) is 0 Å². The fraction of sp³-hybridized carbons (Fsp3) is 0.0500. The molecule has 0 aliphatic rings. The van der Waals surface area contributed by atoms with Gasteiger partial charge < -0.3 is 10.2 Å². The van der Waals surface area contributed by atoms with Crippen molar-refractivity contribution >= 4 is 28.7 Å². The van der Waals surface area contributed by atoms with Crippen LogP contribution in [0.1, 0.15) is 0 Å². The van der Waals surface area contributed by atoms with E-state index in [1.807, 2.05) is 60.7 Å². The Balaban J connectivity index is 2.05. The van der Waals surface area contributed by atoms with Gasteiger partial charge in [-0.3, -0.25) is 10.1 Å². The lowest BCUT2D eigenvalue weighted by Crippen LogP contribution is -2.19. The Hall–Kier alpha value is -3.67. The van der Waals surface area contributed by atoms with Gasteiger partial charge in [0, 0.05) is 24.0 Å². The number of hydrogen-bond donors (Lipinski definition) is 1. The first kappa shape index (κ1) is 17.2. The van der Waals surface area contributed by atoms with Crippen molar-refractivity contribution in [2.45, 2.75) is 0 Å². The summed E-state index contributed by atoms with van der Waals surface area (Å²) in [6.07, 6.45) is 1.69. The van der Waals surface area contributed by atoms with Crippen molar-refractivity contribution in [2.24, 2.45) is 0 Å². The highest BCUT2D eigenvalue weighted by Gasteiger charge is 2.22. The van der Waals surface area contributed by atoms with Crippen LogP contribution in [0, 0.1) is 10.1 Å². The highest BCUT2D eigenvalue weighted by molar-refractivity contribution is 5.71. The van der Waals surface area contributed by atoms with Crippen LogP contribution in [-0.4, -0.2) is 16.5 Å². The molecule has 1 aromatic heterocycles. The van der Waals surface area contributed by atoms with Crippen molar-refractivity contribution < 1.29 is 4.92 Å². The summed E-state index contributed by atoms with van der Waals surface area (Å²) in [7, 11) is 0. The molecule has 0 radical (unpaired) electrons. The average Bonchev–Trinajstić information content (AvgIpc) is 2.67. The van der Waals surface area contributed by atoms with Gasteiger partial charge in [0.25, 0.3) is 0 Å². The molecule has 0 aliphatic carbocycles. The molecular weight excluding hydrogens is 328 g/mol. The van der Waals surface area contributed by atoms with Crippen LogP contribution in [0.25, 0.3) is 0 Å². The van der Waals surface area contributed by atoms with Gasteiger partial charge in [-0.1, -0.05) is 42.5 Å². The number of rotatable bonds is 7. The molecule has 0 unspecified atom stereocenters. The lowest BCUT2D eigenvalue weighted by Gasteiger charge is -2.22. The molecule has 0 saturated carbocycles. The number of nitrogens with one attached hydrogen (secondary N) is 1. The molecule has 1 heterocycles. The van der Waals surface area contributed by atoms with Gasteiger partial charge in [-0.2, -0.15) is 0 Å². The molecule has 0 amide bonds. The zero-order valence-electron chi connectivity index (χ0n) is 14.1. The second kappa shape index (κ2) is 7.94. The van der Waals surface area contributed by atoms with Crippen LogP contribution in [0.4, 0.5) is 28.7 Å².